The number of phenols is 1. The first-order valence-corrected chi connectivity index (χ1v) is 9.91. The molecule has 0 bridgehead atoms. The van der Waals surface area contributed by atoms with E-state index in [1.807, 2.05) is 48.5 Å². The highest BCUT2D eigenvalue weighted by Crippen LogP contribution is 2.31. The lowest BCUT2D eigenvalue weighted by Crippen LogP contribution is -2.24. The average molecular weight is 417 g/mol. The molecule has 30 heavy (non-hydrogen) atoms. The van der Waals surface area contributed by atoms with Gasteiger partial charge in [0.1, 0.15) is 5.75 Å². The van der Waals surface area contributed by atoms with Crippen LogP contribution in [-0.4, -0.2) is 24.3 Å². The summed E-state index contributed by atoms with van der Waals surface area (Å²) in [4.78, 5) is 13.2. The third kappa shape index (κ3) is 3.02. The van der Waals surface area contributed by atoms with Crippen LogP contribution in [0.4, 0.5) is 0 Å². The van der Waals surface area contributed by atoms with E-state index in [2.05, 4.69) is 10.2 Å². The third-order valence-corrected chi connectivity index (χ3v) is 5.41. The number of halogens is 1. The van der Waals surface area contributed by atoms with Gasteiger partial charge in [-0.05, 0) is 42.3 Å². The molecule has 0 saturated carbocycles. The molecule has 3 aromatic carbocycles. The predicted molar refractivity (Wildman–Crippen MR) is 117 cm³/mol. The molecule has 148 valence electrons. The van der Waals surface area contributed by atoms with Gasteiger partial charge in [0.2, 0.25) is 5.78 Å². The lowest BCUT2D eigenvalue weighted by atomic mass is 10.1. The molecule has 0 spiro atoms. The van der Waals surface area contributed by atoms with E-state index in [4.69, 9.17) is 11.6 Å². The summed E-state index contributed by atoms with van der Waals surface area (Å²) >= 11 is 6.15. The zero-order chi connectivity index (χ0) is 20.7. The van der Waals surface area contributed by atoms with Crippen molar-refractivity contribution < 1.29 is 5.11 Å². The standard InChI is InChI=1S/C23H17ClN4O2/c24-16-10-11-20(29)18(14-16)21-25-26-23-27(13-12-15-6-2-1-3-7-15)22(30)17-8-4-5-9-19(17)28(21)23/h1-11,14,29H,12-13H2. The number of phenolic OH excluding ortho intramolecular Hbond substituents is 1. The molecule has 0 atom stereocenters. The number of hydrogen-bond donors (Lipinski definition) is 1. The molecule has 2 aromatic heterocycles. The van der Waals surface area contributed by atoms with Crippen molar-refractivity contribution in [2.75, 3.05) is 0 Å². The number of para-hydroxylation sites is 1. The molecule has 7 heteroatoms. The fraction of sp³-hybridized carbons (Fsp3) is 0.0870. The minimum Gasteiger partial charge on any atom is -0.507 e. The number of aromatic nitrogens is 4. The Labute approximate surface area is 176 Å². The van der Waals surface area contributed by atoms with Crippen molar-refractivity contribution in [2.45, 2.75) is 13.0 Å². The number of nitrogens with zero attached hydrogens (tertiary/aromatic N) is 4. The van der Waals surface area contributed by atoms with Gasteiger partial charge in [0, 0.05) is 11.6 Å². The molecule has 6 nitrogen and oxygen atoms in total. The molecule has 0 aliphatic heterocycles. The van der Waals surface area contributed by atoms with Crippen molar-refractivity contribution >= 4 is 28.3 Å². The monoisotopic (exact) mass is 416 g/mol. The van der Waals surface area contributed by atoms with Gasteiger partial charge in [0.05, 0.1) is 16.5 Å². The van der Waals surface area contributed by atoms with E-state index in [0.29, 0.717) is 46.1 Å². The van der Waals surface area contributed by atoms with Crippen LogP contribution in [0.15, 0.2) is 77.6 Å². The summed E-state index contributed by atoms with van der Waals surface area (Å²) in [5.74, 6) is 0.887. The number of aromatic hydroxyl groups is 1. The number of aryl methyl sites for hydroxylation is 2. The summed E-state index contributed by atoms with van der Waals surface area (Å²) in [6, 6.07) is 22.1. The normalized spacial score (nSPS) is 11.4. The summed E-state index contributed by atoms with van der Waals surface area (Å²) < 4.78 is 3.43. The second-order valence-electron chi connectivity index (χ2n) is 7.03. The molecule has 0 aliphatic rings. The predicted octanol–water partition coefficient (Wildman–Crippen LogP) is 4.31. The molecule has 5 rings (SSSR count). The number of benzene rings is 3. The van der Waals surface area contributed by atoms with Gasteiger partial charge in [-0.1, -0.05) is 54.1 Å². The number of fused-ring (bicyclic) bond motifs is 3. The molecule has 5 aromatic rings. The quantitative estimate of drug-likeness (QED) is 0.473. The summed E-state index contributed by atoms with van der Waals surface area (Å²) in [6.07, 6.45) is 0.680. The van der Waals surface area contributed by atoms with E-state index >= 15 is 0 Å². The zero-order valence-corrected chi connectivity index (χ0v) is 16.6. The van der Waals surface area contributed by atoms with Gasteiger partial charge in [-0.3, -0.25) is 13.8 Å². The molecule has 2 heterocycles. The summed E-state index contributed by atoms with van der Waals surface area (Å²) in [7, 11) is 0. The Morgan fingerprint density at radius 3 is 2.53 bits per heavy atom. The van der Waals surface area contributed by atoms with Crippen LogP contribution in [0.3, 0.4) is 0 Å². The maximum absolute atomic E-state index is 13.2. The van der Waals surface area contributed by atoms with Crippen molar-refractivity contribution in [3.63, 3.8) is 0 Å². The highest BCUT2D eigenvalue weighted by molar-refractivity contribution is 6.30. The molecular weight excluding hydrogens is 400 g/mol. The molecule has 0 unspecified atom stereocenters. The summed E-state index contributed by atoms with van der Waals surface area (Å²) in [5, 5.41) is 20.1. The SMILES string of the molecule is O=c1c2ccccc2n2c(-c3cc(Cl)ccc3O)nnc2n1CCc1ccccc1. The fourth-order valence-electron chi connectivity index (χ4n) is 3.71. The minimum atomic E-state index is -0.122. The molecule has 0 radical (unpaired) electrons. The first-order valence-electron chi connectivity index (χ1n) is 9.53. The van der Waals surface area contributed by atoms with Gasteiger partial charge in [-0.25, -0.2) is 0 Å². The average Bonchev–Trinajstić information content (AvgIpc) is 3.21. The van der Waals surface area contributed by atoms with Crippen LogP contribution >= 0.6 is 11.6 Å². The largest absolute Gasteiger partial charge is 0.507 e. The Morgan fingerprint density at radius 2 is 1.70 bits per heavy atom. The molecule has 0 aliphatic carbocycles. The smallest absolute Gasteiger partial charge is 0.262 e. The summed E-state index contributed by atoms with van der Waals surface area (Å²) in [6.45, 7) is 0.455. The van der Waals surface area contributed by atoms with Crippen molar-refractivity contribution in [2.24, 2.45) is 0 Å². The van der Waals surface area contributed by atoms with E-state index in [9.17, 15) is 9.90 Å². The van der Waals surface area contributed by atoms with E-state index in [1.165, 1.54) is 6.07 Å². The van der Waals surface area contributed by atoms with Crippen LogP contribution in [0.1, 0.15) is 5.56 Å². The Hall–Kier alpha value is -3.64. The molecular formula is C23H17ClN4O2. The summed E-state index contributed by atoms with van der Waals surface area (Å²) in [5.41, 5.74) is 2.13. The van der Waals surface area contributed by atoms with Gasteiger partial charge in [-0.2, -0.15) is 0 Å². The van der Waals surface area contributed by atoms with Crippen LogP contribution in [0.2, 0.25) is 5.02 Å². The van der Waals surface area contributed by atoms with Crippen molar-refractivity contribution in [1.82, 2.24) is 19.2 Å². The number of rotatable bonds is 4. The second kappa shape index (κ2) is 7.31. The van der Waals surface area contributed by atoms with E-state index < -0.39 is 0 Å². The van der Waals surface area contributed by atoms with Crippen LogP contribution in [-0.2, 0) is 13.0 Å². The fourth-order valence-corrected chi connectivity index (χ4v) is 3.88. The van der Waals surface area contributed by atoms with Gasteiger partial charge in [0.15, 0.2) is 5.82 Å². The molecule has 0 amide bonds. The van der Waals surface area contributed by atoms with Crippen LogP contribution in [0.25, 0.3) is 28.1 Å². The Kier molecular flexibility index (Phi) is 4.48. The lowest BCUT2D eigenvalue weighted by Gasteiger charge is -2.12. The Balaban J connectivity index is 1.77. The van der Waals surface area contributed by atoms with Gasteiger partial charge >= 0.3 is 0 Å². The molecule has 1 N–H and O–H groups in total. The lowest BCUT2D eigenvalue weighted by molar-refractivity contribution is 0.477. The van der Waals surface area contributed by atoms with E-state index in [0.717, 1.165) is 5.56 Å². The maximum atomic E-state index is 13.2. The van der Waals surface area contributed by atoms with Crippen LogP contribution in [0.5, 0.6) is 5.75 Å². The number of hydrogen-bond acceptors (Lipinski definition) is 4. The van der Waals surface area contributed by atoms with Gasteiger partial charge in [0.25, 0.3) is 5.56 Å². The zero-order valence-electron chi connectivity index (χ0n) is 15.9. The van der Waals surface area contributed by atoms with Crippen molar-refractivity contribution in [3.8, 4) is 17.1 Å². The van der Waals surface area contributed by atoms with E-state index in [-0.39, 0.29) is 11.3 Å². The van der Waals surface area contributed by atoms with Gasteiger partial charge in [-0.15, -0.1) is 10.2 Å². The van der Waals surface area contributed by atoms with Crippen LogP contribution in [0, 0.1) is 0 Å². The van der Waals surface area contributed by atoms with Crippen LogP contribution < -0.4 is 5.56 Å². The first-order chi connectivity index (χ1) is 14.6. The highest BCUT2D eigenvalue weighted by Gasteiger charge is 2.19. The van der Waals surface area contributed by atoms with Crippen molar-refractivity contribution in [1.29, 1.82) is 0 Å². The Morgan fingerprint density at radius 1 is 0.933 bits per heavy atom. The third-order valence-electron chi connectivity index (χ3n) is 5.17. The Bertz CT molecular complexity index is 1440. The topological polar surface area (TPSA) is 72.4 Å². The molecule has 0 saturated heterocycles. The molecule has 0 fully saturated rings. The minimum absolute atomic E-state index is 0.0415. The van der Waals surface area contributed by atoms with Crippen molar-refractivity contribution in [3.05, 3.63) is 93.7 Å². The van der Waals surface area contributed by atoms with Gasteiger partial charge < -0.3 is 5.11 Å². The first kappa shape index (κ1) is 18.4. The van der Waals surface area contributed by atoms with E-state index in [1.54, 1.807) is 27.2 Å². The highest BCUT2D eigenvalue weighted by atomic mass is 35.5. The maximum Gasteiger partial charge on any atom is 0.262 e. The second-order valence-corrected chi connectivity index (χ2v) is 7.47.